The van der Waals surface area contributed by atoms with E-state index in [4.69, 9.17) is 9.47 Å². The van der Waals surface area contributed by atoms with E-state index in [0.29, 0.717) is 30.2 Å². The van der Waals surface area contributed by atoms with Crippen molar-refractivity contribution in [2.24, 2.45) is 0 Å². The molecule has 0 N–H and O–H groups in total. The summed E-state index contributed by atoms with van der Waals surface area (Å²) in [7, 11) is 3.11. The van der Waals surface area contributed by atoms with E-state index in [-0.39, 0.29) is 12.3 Å². The van der Waals surface area contributed by atoms with Gasteiger partial charge in [-0.2, -0.15) is 0 Å². The minimum absolute atomic E-state index is 0.164. The van der Waals surface area contributed by atoms with Crippen molar-refractivity contribution >= 4 is 11.6 Å². The van der Waals surface area contributed by atoms with Gasteiger partial charge in [0.15, 0.2) is 23.1 Å². The number of hydrogen-bond acceptors (Lipinski definition) is 3. The van der Waals surface area contributed by atoms with E-state index in [1.165, 1.54) is 11.0 Å². The Morgan fingerprint density at radius 2 is 1.72 bits per heavy atom. The van der Waals surface area contributed by atoms with E-state index in [9.17, 15) is 13.6 Å². The van der Waals surface area contributed by atoms with Crippen LogP contribution in [0.5, 0.6) is 11.5 Å². The maximum atomic E-state index is 13.4. The molecule has 0 aromatic heterocycles. The van der Waals surface area contributed by atoms with Crippen LogP contribution < -0.4 is 14.4 Å². The molecular formula is C19H21F2NO3. The second-order valence-electron chi connectivity index (χ2n) is 5.43. The summed E-state index contributed by atoms with van der Waals surface area (Å²) in [5, 5.41) is 0. The summed E-state index contributed by atoms with van der Waals surface area (Å²) >= 11 is 0. The first-order valence-corrected chi connectivity index (χ1v) is 7.96. The van der Waals surface area contributed by atoms with Crippen LogP contribution in [0.3, 0.4) is 0 Å². The van der Waals surface area contributed by atoms with Crippen molar-refractivity contribution in [2.45, 2.75) is 19.8 Å². The molecule has 0 aliphatic rings. The fourth-order valence-corrected chi connectivity index (χ4v) is 2.58. The number of hydrogen-bond donors (Lipinski definition) is 0. The van der Waals surface area contributed by atoms with E-state index in [1.54, 1.807) is 27.2 Å². The lowest BCUT2D eigenvalue weighted by molar-refractivity contribution is -0.118. The molecule has 4 nitrogen and oxygen atoms in total. The van der Waals surface area contributed by atoms with Crippen molar-refractivity contribution in [2.75, 3.05) is 25.7 Å². The fraction of sp³-hybridized carbons (Fsp3) is 0.316. The third-order valence-electron chi connectivity index (χ3n) is 3.91. The van der Waals surface area contributed by atoms with Crippen molar-refractivity contribution in [1.29, 1.82) is 0 Å². The predicted octanol–water partition coefficient (Wildman–Crippen LogP) is 3.97. The number of ether oxygens (including phenoxy) is 2. The maximum Gasteiger partial charge on any atom is 0.227 e. The second kappa shape index (κ2) is 8.46. The highest BCUT2D eigenvalue weighted by atomic mass is 19.2. The van der Waals surface area contributed by atoms with Gasteiger partial charge in [0.05, 0.1) is 14.2 Å². The van der Waals surface area contributed by atoms with Gasteiger partial charge in [-0.25, -0.2) is 8.78 Å². The Morgan fingerprint density at radius 3 is 2.32 bits per heavy atom. The predicted molar refractivity (Wildman–Crippen MR) is 92.3 cm³/mol. The molecule has 0 saturated carbocycles. The Labute approximate surface area is 146 Å². The monoisotopic (exact) mass is 349 g/mol. The Balaban J connectivity index is 2.08. The molecule has 0 fully saturated rings. The highest BCUT2D eigenvalue weighted by Crippen LogP contribution is 2.28. The molecule has 0 unspecified atom stereocenters. The van der Waals surface area contributed by atoms with Crippen LogP contribution in [0, 0.1) is 11.6 Å². The molecule has 0 atom stereocenters. The lowest BCUT2D eigenvalue weighted by Gasteiger charge is -2.21. The Kier molecular flexibility index (Phi) is 6.33. The molecule has 0 aliphatic heterocycles. The summed E-state index contributed by atoms with van der Waals surface area (Å²) in [5.41, 5.74) is 1.27. The number of benzene rings is 2. The van der Waals surface area contributed by atoms with Crippen LogP contribution in [0.4, 0.5) is 14.5 Å². The van der Waals surface area contributed by atoms with E-state index < -0.39 is 11.6 Å². The van der Waals surface area contributed by atoms with Gasteiger partial charge in [-0.15, -0.1) is 0 Å². The first kappa shape index (κ1) is 18.7. The van der Waals surface area contributed by atoms with Crippen molar-refractivity contribution in [3.05, 3.63) is 53.6 Å². The minimum Gasteiger partial charge on any atom is -0.493 e. The molecule has 0 aliphatic carbocycles. The molecule has 0 spiro atoms. The maximum absolute atomic E-state index is 13.4. The van der Waals surface area contributed by atoms with Crippen LogP contribution in [0.2, 0.25) is 0 Å². The number of rotatable bonds is 7. The van der Waals surface area contributed by atoms with E-state index in [2.05, 4.69) is 0 Å². The van der Waals surface area contributed by atoms with Crippen molar-refractivity contribution in [3.8, 4) is 11.5 Å². The van der Waals surface area contributed by atoms with Gasteiger partial charge in [-0.3, -0.25) is 4.79 Å². The highest BCUT2D eigenvalue weighted by molar-refractivity contribution is 5.93. The Morgan fingerprint density at radius 1 is 1.00 bits per heavy atom. The molecule has 0 saturated heterocycles. The number of carbonyl (C=O) groups excluding carboxylic acids is 1. The Bertz CT molecular complexity index is 749. The van der Waals surface area contributed by atoms with Gasteiger partial charge in [0.25, 0.3) is 0 Å². The number of nitrogens with zero attached hydrogens (tertiary/aromatic N) is 1. The Hall–Kier alpha value is -2.63. The number of methoxy groups -OCH3 is 2. The van der Waals surface area contributed by atoms with Crippen LogP contribution in [0.15, 0.2) is 36.4 Å². The van der Waals surface area contributed by atoms with Gasteiger partial charge in [0.1, 0.15) is 0 Å². The summed E-state index contributed by atoms with van der Waals surface area (Å²) in [6.07, 6.45) is 0.738. The SMILES string of the molecule is CCN(C(=O)CCc1ccc(OC)c(OC)c1)c1ccc(F)c(F)c1. The average Bonchev–Trinajstić information content (AvgIpc) is 2.63. The van der Waals surface area contributed by atoms with Crippen LogP contribution >= 0.6 is 0 Å². The van der Waals surface area contributed by atoms with Gasteiger partial charge in [0, 0.05) is 24.7 Å². The molecular weight excluding hydrogens is 328 g/mol. The van der Waals surface area contributed by atoms with Gasteiger partial charge in [0.2, 0.25) is 5.91 Å². The van der Waals surface area contributed by atoms with Gasteiger partial charge in [-0.1, -0.05) is 6.07 Å². The highest BCUT2D eigenvalue weighted by Gasteiger charge is 2.16. The van der Waals surface area contributed by atoms with Crippen molar-refractivity contribution in [3.63, 3.8) is 0 Å². The smallest absolute Gasteiger partial charge is 0.227 e. The molecule has 134 valence electrons. The van der Waals surface area contributed by atoms with E-state index in [0.717, 1.165) is 17.7 Å². The van der Waals surface area contributed by atoms with Gasteiger partial charge >= 0.3 is 0 Å². The number of carbonyl (C=O) groups is 1. The minimum atomic E-state index is -0.969. The van der Waals surface area contributed by atoms with Crippen LogP contribution in [-0.4, -0.2) is 26.7 Å². The molecule has 0 bridgehead atoms. The van der Waals surface area contributed by atoms with Crippen molar-refractivity contribution in [1.82, 2.24) is 0 Å². The fourth-order valence-electron chi connectivity index (χ4n) is 2.58. The average molecular weight is 349 g/mol. The van der Waals surface area contributed by atoms with Gasteiger partial charge in [-0.05, 0) is 43.2 Å². The third kappa shape index (κ3) is 4.47. The normalized spacial score (nSPS) is 10.4. The number of anilines is 1. The second-order valence-corrected chi connectivity index (χ2v) is 5.43. The topological polar surface area (TPSA) is 38.8 Å². The summed E-state index contributed by atoms with van der Waals surface area (Å²) < 4.78 is 36.9. The zero-order valence-corrected chi connectivity index (χ0v) is 14.5. The molecule has 0 heterocycles. The van der Waals surface area contributed by atoms with Crippen LogP contribution in [-0.2, 0) is 11.2 Å². The molecule has 1 amide bonds. The van der Waals surface area contributed by atoms with Gasteiger partial charge < -0.3 is 14.4 Å². The summed E-state index contributed by atoms with van der Waals surface area (Å²) in [4.78, 5) is 13.9. The quantitative estimate of drug-likeness (QED) is 0.759. The number of amides is 1. The zero-order chi connectivity index (χ0) is 18.4. The first-order valence-electron chi connectivity index (χ1n) is 7.96. The molecule has 2 aromatic rings. The molecule has 6 heteroatoms. The van der Waals surface area contributed by atoms with E-state index >= 15 is 0 Å². The number of halogens is 2. The lowest BCUT2D eigenvalue weighted by Crippen LogP contribution is -2.30. The molecule has 2 aromatic carbocycles. The summed E-state index contributed by atoms with van der Waals surface area (Å²) in [6.45, 7) is 2.16. The molecule has 2 rings (SSSR count). The third-order valence-corrected chi connectivity index (χ3v) is 3.91. The van der Waals surface area contributed by atoms with E-state index in [1.807, 2.05) is 12.1 Å². The van der Waals surface area contributed by atoms with Crippen molar-refractivity contribution < 1.29 is 23.0 Å². The first-order chi connectivity index (χ1) is 12.0. The zero-order valence-electron chi connectivity index (χ0n) is 14.5. The number of aryl methyl sites for hydroxylation is 1. The largest absolute Gasteiger partial charge is 0.493 e. The van der Waals surface area contributed by atoms with Crippen LogP contribution in [0.1, 0.15) is 18.9 Å². The summed E-state index contributed by atoms with van der Waals surface area (Å²) in [5.74, 6) is -0.848. The molecule has 25 heavy (non-hydrogen) atoms. The summed E-state index contributed by atoms with van der Waals surface area (Å²) in [6, 6.07) is 8.92. The lowest BCUT2D eigenvalue weighted by atomic mass is 10.1. The standard InChI is InChI=1S/C19H21F2NO3/c1-4-22(14-7-8-15(20)16(21)12-14)19(23)10-6-13-5-9-17(24-2)18(11-13)25-3/h5,7-9,11-12H,4,6,10H2,1-3H3. The molecule has 0 radical (unpaired) electrons. The van der Waals surface area contributed by atoms with Crippen LogP contribution in [0.25, 0.3) is 0 Å².